The summed E-state index contributed by atoms with van der Waals surface area (Å²) >= 11 is 0. The molecule has 1 aromatic heterocycles. The molecule has 0 atom stereocenters. The Labute approximate surface area is 93.0 Å². The quantitative estimate of drug-likeness (QED) is 0.513. The maximum absolute atomic E-state index is 10.5. The van der Waals surface area contributed by atoms with E-state index in [1.54, 1.807) is 0 Å². The average Bonchev–Trinajstić information content (AvgIpc) is 2.16. The molecule has 0 aliphatic carbocycles. The minimum absolute atomic E-state index is 0.108. The number of hydrogen-bond acceptors (Lipinski definition) is 6. The van der Waals surface area contributed by atoms with Gasteiger partial charge in [-0.15, -0.1) is 0 Å². The first-order chi connectivity index (χ1) is 7.35. The Kier molecular flexibility index (Phi) is 3.28. The molecule has 0 aromatic carbocycles. The van der Waals surface area contributed by atoms with Gasteiger partial charge in [-0.25, -0.2) is 4.98 Å². The molecule has 0 spiro atoms. The van der Waals surface area contributed by atoms with Gasteiger partial charge in [-0.1, -0.05) is 0 Å². The standard InChI is InChI=1S/C9H15N5O2/c1-9(2,5-10)13-7-4-3-6(14(15)16)8(11)12-7/h3-4H,5,10H2,1-2H3,(H3,11,12,13). The van der Waals surface area contributed by atoms with E-state index in [1.807, 2.05) is 13.8 Å². The predicted molar refractivity (Wildman–Crippen MR) is 62.1 cm³/mol. The highest BCUT2D eigenvalue weighted by Gasteiger charge is 2.18. The van der Waals surface area contributed by atoms with Crippen LogP contribution in [0.25, 0.3) is 0 Å². The third-order valence-electron chi connectivity index (χ3n) is 2.08. The number of nitrogens with zero attached hydrogens (tertiary/aromatic N) is 2. The highest BCUT2D eigenvalue weighted by molar-refractivity contribution is 5.57. The van der Waals surface area contributed by atoms with Gasteiger partial charge in [-0.05, 0) is 19.9 Å². The van der Waals surface area contributed by atoms with E-state index in [0.29, 0.717) is 12.4 Å². The second kappa shape index (κ2) is 4.31. The second-order valence-electron chi connectivity index (χ2n) is 4.07. The number of rotatable bonds is 4. The molecule has 0 unspecified atom stereocenters. The fourth-order valence-corrected chi connectivity index (χ4v) is 1.09. The summed E-state index contributed by atoms with van der Waals surface area (Å²) in [6, 6.07) is 2.82. The van der Waals surface area contributed by atoms with Crippen LogP contribution in [0.15, 0.2) is 12.1 Å². The first kappa shape index (κ1) is 12.2. The van der Waals surface area contributed by atoms with Crippen LogP contribution >= 0.6 is 0 Å². The molecule has 1 rings (SSSR count). The van der Waals surface area contributed by atoms with E-state index in [4.69, 9.17) is 11.5 Å². The van der Waals surface area contributed by atoms with Crippen molar-refractivity contribution in [3.63, 3.8) is 0 Å². The van der Waals surface area contributed by atoms with Crippen molar-refractivity contribution < 1.29 is 4.92 Å². The molecular formula is C9H15N5O2. The highest BCUT2D eigenvalue weighted by atomic mass is 16.6. The number of pyridine rings is 1. The lowest BCUT2D eigenvalue weighted by molar-refractivity contribution is -0.384. The Morgan fingerprint density at radius 3 is 2.62 bits per heavy atom. The molecule has 0 saturated heterocycles. The van der Waals surface area contributed by atoms with Gasteiger partial charge in [-0.3, -0.25) is 10.1 Å². The second-order valence-corrected chi connectivity index (χ2v) is 4.07. The number of anilines is 2. The Bertz CT molecular complexity index is 405. The number of nitrogens with one attached hydrogen (secondary N) is 1. The lowest BCUT2D eigenvalue weighted by Crippen LogP contribution is -2.39. The van der Waals surface area contributed by atoms with Crippen LogP contribution in [0.5, 0.6) is 0 Å². The summed E-state index contributed by atoms with van der Waals surface area (Å²) in [4.78, 5) is 13.8. The van der Waals surface area contributed by atoms with Gasteiger partial charge in [0.1, 0.15) is 5.82 Å². The van der Waals surface area contributed by atoms with Crippen LogP contribution in [0.1, 0.15) is 13.8 Å². The van der Waals surface area contributed by atoms with Crippen LogP contribution in [0.2, 0.25) is 0 Å². The van der Waals surface area contributed by atoms with E-state index in [-0.39, 0.29) is 17.0 Å². The smallest absolute Gasteiger partial charge is 0.311 e. The molecule has 0 saturated carbocycles. The van der Waals surface area contributed by atoms with Crippen molar-refractivity contribution in [2.75, 3.05) is 17.6 Å². The monoisotopic (exact) mass is 225 g/mol. The lowest BCUT2D eigenvalue weighted by atomic mass is 10.1. The summed E-state index contributed by atoms with van der Waals surface area (Å²) in [5, 5.41) is 13.6. The normalized spacial score (nSPS) is 11.2. The maximum Gasteiger partial charge on any atom is 0.311 e. The van der Waals surface area contributed by atoms with Gasteiger partial charge in [0, 0.05) is 18.2 Å². The summed E-state index contributed by atoms with van der Waals surface area (Å²) < 4.78 is 0. The highest BCUT2D eigenvalue weighted by Crippen LogP contribution is 2.22. The van der Waals surface area contributed by atoms with E-state index in [1.165, 1.54) is 12.1 Å². The van der Waals surface area contributed by atoms with Crippen LogP contribution in [0.4, 0.5) is 17.3 Å². The van der Waals surface area contributed by atoms with Crippen molar-refractivity contribution in [3.8, 4) is 0 Å². The number of aromatic nitrogens is 1. The zero-order chi connectivity index (χ0) is 12.3. The van der Waals surface area contributed by atoms with Gasteiger partial charge >= 0.3 is 5.69 Å². The molecule has 1 aromatic rings. The van der Waals surface area contributed by atoms with Gasteiger partial charge in [0.25, 0.3) is 0 Å². The van der Waals surface area contributed by atoms with E-state index in [0.717, 1.165) is 0 Å². The van der Waals surface area contributed by atoms with E-state index >= 15 is 0 Å². The Morgan fingerprint density at radius 2 is 2.19 bits per heavy atom. The summed E-state index contributed by atoms with van der Waals surface area (Å²) in [7, 11) is 0. The fraction of sp³-hybridized carbons (Fsp3) is 0.444. The summed E-state index contributed by atoms with van der Waals surface area (Å²) in [6.07, 6.45) is 0. The van der Waals surface area contributed by atoms with Crippen LogP contribution in [0.3, 0.4) is 0 Å². The topological polar surface area (TPSA) is 120 Å². The lowest BCUT2D eigenvalue weighted by Gasteiger charge is -2.24. The van der Waals surface area contributed by atoms with Gasteiger partial charge in [0.2, 0.25) is 5.82 Å². The third-order valence-corrected chi connectivity index (χ3v) is 2.08. The van der Waals surface area contributed by atoms with E-state index in [2.05, 4.69) is 10.3 Å². The number of hydrogen-bond donors (Lipinski definition) is 3. The molecule has 0 amide bonds. The minimum atomic E-state index is -0.569. The molecule has 0 aliphatic heterocycles. The van der Waals surface area contributed by atoms with E-state index in [9.17, 15) is 10.1 Å². The molecule has 0 bridgehead atoms. The van der Waals surface area contributed by atoms with Crippen molar-refractivity contribution in [2.24, 2.45) is 5.73 Å². The molecule has 7 heteroatoms. The number of nitro groups is 1. The Balaban J connectivity index is 2.94. The first-order valence-corrected chi connectivity index (χ1v) is 4.75. The SMILES string of the molecule is CC(C)(CN)Nc1ccc([N+](=O)[O-])c(N)n1. The summed E-state index contributed by atoms with van der Waals surface area (Å²) in [5.74, 6) is 0.362. The van der Waals surface area contributed by atoms with Crippen molar-refractivity contribution in [1.29, 1.82) is 0 Å². The van der Waals surface area contributed by atoms with Crippen molar-refractivity contribution in [2.45, 2.75) is 19.4 Å². The number of nitrogen functional groups attached to an aromatic ring is 1. The third kappa shape index (κ3) is 2.80. The maximum atomic E-state index is 10.5. The zero-order valence-electron chi connectivity index (χ0n) is 9.23. The van der Waals surface area contributed by atoms with Gasteiger partial charge in [0.15, 0.2) is 0 Å². The zero-order valence-corrected chi connectivity index (χ0v) is 9.23. The van der Waals surface area contributed by atoms with Crippen molar-refractivity contribution in [3.05, 3.63) is 22.2 Å². The van der Waals surface area contributed by atoms with Crippen LogP contribution in [-0.2, 0) is 0 Å². The molecule has 0 radical (unpaired) electrons. The predicted octanol–water partition coefficient (Wildman–Crippen LogP) is 0.721. The van der Waals surface area contributed by atoms with Gasteiger partial charge in [0.05, 0.1) is 4.92 Å². The molecule has 88 valence electrons. The van der Waals surface area contributed by atoms with Crippen LogP contribution in [-0.4, -0.2) is 22.0 Å². The largest absolute Gasteiger partial charge is 0.378 e. The Morgan fingerprint density at radius 1 is 1.56 bits per heavy atom. The summed E-state index contributed by atoms with van der Waals surface area (Å²) in [6.45, 7) is 4.20. The van der Waals surface area contributed by atoms with Gasteiger partial charge in [-0.2, -0.15) is 0 Å². The molecule has 5 N–H and O–H groups in total. The molecule has 0 aliphatic rings. The molecule has 1 heterocycles. The van der Waals surface area contributed by atoms with Crippen molar-refractivity contribution >= 4 is 17.3 Å². The van der Waals surface area contributed by atoms with Crippen molar-refractivity contribution in [1.82, 2.24) is 4.98 Å². The van der Waals surface area contributed by atoms with Crippen LogP contribution in [0, 0.1) is 10.1 Å². The first-order valence-electron chi connectivity index (χ1n) is 4.75. The molecule has 0 fully saturated rings. The molecule has 16 heavy (non-hydrogen) atoms. The van der Waals surface area contributed by atoms with E-state index < -0.39 is 4.92 Å². The fourth-order valence-electron chi connectivity index (χ4n) is 1.09. The Hall–Kier alpha value is -1.89. The molecular weight excluding hydrogens is 210 g/mol. The van der Waals surface area contributed by atoms with Crippen LogP contribution < -0.4 is 16.8 Å². The number of nitrogens with two attached hydrogens (primary N) is 2. The minimum Gasteiger partial charge on any atom is -0.378 e. The molecule has 7 nitrogen and oxygen atoms in total. The summed E-state index contributed by atoms with van der Waals surface area (Å²) in [5.41, 5.74) is 10.5. The van der Waals surface area contributed by atoms with Gasteiger partial charge < -0.3 is 16.8 Å². The average molecular weight is 225 g/mol.